The minimum absolute atomic E-state index is 1.48. The lowest BCUT2D eigenvalue weighted by molar-refractivity contribution is -0.409. The van der Waals surface area contributed by atoms with Crippen LogP contribution in [0.25, 0.3) is 0 Å². The standard InChI is InChI=1S/C8H3F13/c1-2(9)4(12,13)6(16,17)8(20,21)7(18,19)5(14,15)3(10)11/h3H,1H2. The Balaban J connectivity index is 6.15. The van der Waals surface area contributed by atoms with E-state index in [1.54, 1.807) is 0 Å². The fourth-order valence-electron chi connectivity index (χ4n) is 0.911. The molecule has 0 rings (SSSR count). The Kier molecular flexibility index (Phi) is 4.66. The highest BCUT2D eigenvalue weighted by Gasteiger charge is 2.88. The Morgan fingerprint density at radius 2 is 1.00 bits per heavy atom. The van der Waals surface area contributed by atoms with Crippen molar-refractivity contribution in [2.24, 2.45) is 0 Å². The normalized spacial score (nSPS) is 15.5. The molecule has 0 aliphatic rings. The molecule has 0 bridgehead atoms. The first-order chi connectivity index (χ1) is 8.89. The van der Waals surface area contributed by atoms with Crippen molar-refractivity contribution in [2.45, 2.75) is 36.0 Å². The highest BCUT2D eigenvalue weighted by atomic mass is 19.4. The second kappa shape index (κ2) is 4.93. The number of halogens is 13. The Morgan fingerprint density at radius 1 is 0.667 bits per heavy atom. The minimum atomic E-state index is -7.72. The van der Waals surface area contributed by atoms with Crippen molar-refractivity contribution in [2.75, 3.05) is 0 Å². The summed E-state index contributed by atoms with van der Waals surface area (Å²) < 4.78 is 161. The molecular weight excluding hydrogens is 343 g/mol. The summed E-state index contributed by atoms with van der Waals surface area (Å²) in [5, 5.41) is 0. The van der Waals surface area contributed by atoms with Crippen LogP contribution in [-0.4, -0.2) is 36.0 Å². The van der Waals surface area contributed by atoms with Crippen LogP contribution in [0.2, 0.25) is 0 Å². The number of hydrogen-bond acceptors (Lipinski definition) is 0. The summed E-state index contributed by atoms with van der Waals surface area (Å²) in [6, 6.07) is 0. The van der Waals surface area contributed by atoms with Gasteiger partial charge in [-0.15, -0.1) is 0 Å². The van der Waals surface area contributed by atoms with Crippen LogP contribution in [0.1, 0.15) is 0 Å². The second-order valence-corrected chi connectivity index (χ2v) is 3.63. The maximum absolute atomic E-state index is 12.7. The summed E-state index contributed by atoms with van der Waals surface area (Å²) in [6.45, 7) is 1.48. The lowest BCUT2D eigenvalue weighted by atomic mass is 9.94. The van der Waals surface area contributed by atoms with Gasteiger partial charge in [0.25, 0.3) is 0 Å². The zero-order chi connectivity index (χ0) is 17.7. The molecule has 21 heavy (non-hydrogen) atoms. The van der Waals surface area contributed by atoms with Crippen LogP contribution < -0.4 is 0 Å². The van der Waals surface area contributed by atoms with Crippen molar-refractivity contribution in [1.29, 1.82) is 0 Å². The zero-order valence-electron chi connectivity index (χ0n) is 9.20. The molecule has 0 aromatic rings. The fraction of sp³-hybridized carbons (Fsp3) is 0.750. The molecule has 0 aliphatic carbocycles. The molecule has 0 saturated heterocycles. The van der Waals surface area contributed by atoms with Gasteiger partial charge in [-0.05, 0) is 0 Å². The first-order valence-corrected chi connectivity index (χ1v) is 4.41. The zero-order valence-corrected chi connectivity index (χ0v) is 9.20. The Bertz CT molecular complexity index is 406. The highest BCUT2D eigenvalue weighted by molar-refractivity contribution is 5.16. The molecule has 0 unspecified atom stereocenters. The predicted molar refractivity (Wildman–Crippen MR) is 41.0 cm³/mol. The van der Waals surface area contributed by atoms with E-state index in [0.29, 0.717) is 0 Å². The van der Waals surface area contributed by atoms with E-state index in [1.807, 2.05) is 0 Å². The predicted octanol–water partition coefficient (Wildman–Crippen LogP) is 4.91. The molecular formula is C8H3F13. The average molecular weight is 346 g/mol. The number of allylic oxidation sites excluding steroid dienone is 1. The fourth-order valence-corrected chi connectivity index (χ4v) is 0.911. The molecule has 0 atom stereocenters. The molecule has 0 saturated carbocycles. The molecule has 0 amide bonds. The van der Waals surface area contributed by atoms with E-state index in [1.165, 1.54) is 6.58 Å². The summed E-state index contributed by atoms with van der Waals surface area (Å²) in [4.78, 5) is 0. The summed E-state index contributed by atoms with van der Waals surface area (Å²) in [5.41, 5.74) is 0. The molecule has 0 N–H and O–H groups in total. The third kappa shape index (κ3) is 2.43. The number of alkyl halides is 12. The third-order valence-corrected chi connectivity index (χ3v) is 2.22. The lowest BCUT2D eigenvalue weighted by Gasteiger charge is -2.38. The molecule has 0 heterocycles. The van der Waals surface area contributed by atoms with E-state index in [2.05, 4.69) is 0 Å². The smallest absolute Gasteiger partial charge is 0.206 e. The van der Waals surface area contributed by atoms with E-state index in [0.717, 1.165) is 0 Å². The topological polar surface area (TPSA) is 0 Å². The number of hydrogen-bond donors (Lipinski definition) is 0. The van der Waals surface area contributed by atoms with Crippen molar-refractivity contribution in [3.8, 4) is 0 Å². The van der Waals surface area contributed by atoms with Gasteiger partial charge in [0.15, 0.2) is 5.83 Å². The monoisotopic (exact) mass is 346 g/mol. The van der Waals surface area contributed by atoms with Crippen LogP contribution in [0, 0.1) is 0 Å². The molecule has 0 nitrogen and oxygen atoms in total. The van der Waals surface area contributed by atoms with Gasteiger partial charge in [-0.25, -0.2) is 13.2 Å². The lowest BCUT2D eigenvalue weighted by Crippen LogP contribution is -2.68. The average Bonchev–Trinajstić information content (AvgIpc) is 2.27. The van der Waals surface area contributed by atoms with Crippen molar-refractivity contribution in [1.82, 2.24) is 0 Å². The van der Waals surface area contributed by atoms with Crippen molar-refractivity contribution in [3.63, 3.8) is 0 Å². The van der Waals surface area contributed by atoms with E-state index >= 15 is 0 Å². The molecule has 0 aliphatic heterocycles. The van der Waals surface area contributed by atoms with Gasteiger partial charge in [-0.3, -0.25) is 0 Å². The first kappa shape index (κ1) is 19.8. The Morgan fingerprint density at radius 3 is 1.24 bits per heavy atom. The molecule has 13 heteroatoms. The summed E-state index contributed by atoms with van der Waals surface area (Å²) in [6.07, 6.45) is -5.59. The van der Waals surface area contributed by atoms with Crippen LogP contribution in [0.4, 0.5) is 57.1 Å². The largest absolute Gasteiger partial charge is 0.385 e. The van der Waals surface area contributed by atoms with Crippen molar-refractivity contribution < 1.29 is 57.1 Å². The van der Waals surface area contributed by atoms with E-state index < -0.39 is 41.9 Å². The molecule has 0 fully saturated rings. The van der Waals surface area contributed by atoms with Crippen molar-refractivity contribution in [3.05, 3.63) is 12.4 Å². The van der Waals surface area contributed by atoms with Gasteiger partial charge >= 0.3 is 36.0 Å². The van der Waals surface area contributed by atoms with E-state index in [-0.39, 0.29) is 0 Å². The molecule has 0 aromatic heterocycles. The third-order valence-electron chi connectivity index (χ3n) is 2.22. The highest BCUT2D eigenvalue weighted by Crippen LogP contribution is 2.59. The summed E-state index contributed by atoms with van der Waals surface area (Å²) in [5.74, 6) is -40.2. The maximum Gasteiger partial charge on any atom is 0.385 e. The van der Waals surface area contributed by atoms with Crippen LogP contribution in [0.15, 0.2) is 12.4 Å². The van der Waals surface area contributed by atoms with Gasteiger partial charge in [0, 0.05) is 0 Å². The van der Waals surface area contributed by atoms with Crippen LogP contribution >= 0.6 is 0 Å². The first-order valence-electron chi connectivity index (χ1n) is 4.41. The van der Waals surface area contributed by atoms with Gasteiger partial charge in [0.05, 0.1) is 0 Å². The minimum Gasteiger partial charge on any atom is -0.206 e. The van der Waals surface area contributed by atoms with Crippen LogP contribution in [0.5, 0.6) is 0 Å². The number of rotatable bonds is 6. The van der Waals surface area contributed by atoms with Gasteiger partial charge in [-0.1, -0.05) is 6.58 Å². The molecule has 0 radical (unpaired) electrons. The van der Waals surface area contributed by atoms with E-state index in [4.69, 9.17) is 0 Å². The SMILES string of the molecule is C=C(F)C(F)(F)C(F)(F)C(F)(F)C(F)(F)C(F)(F)C(F)F. The van der Waals surface area contributed by atoms with Gasteiger partial charge in [0.2, 0.25) is 0 Å². The summed E-state index contributed by atoms with van der Waals surface area (Å²) >= 11 is 0. The Labute approximate surface area is 107 Å². The van der Waals surface area contributed by atoms with Gasteiger partial charge in [-0.2, -0.15) is 43.9 Å². The molecule has 0 aromatic carbocycles. The van der Waals surface area contributed by atoms with Crippen LogP contribution in [-0.2, 0) is 0 Å². The van der Waals surface area contributed by atoms with Gasteiger partial charge < -0.3 is 0 Å². The van der Waals surface area contributed by atoms with Crippen LogP contribution in [0.3, 0.4) is 0 Å². The van der Waals surface area contributed by atoms with Gasteiger partial charge in [0.1, 0.15) is 0 Å². The Hall–Kier alpha value is -1.17. The van der Waals surface area contributed by atoms with Crippen molar-refractivity contribution >= 4 is 0 Å². The molecule has 0 spiro atoms. The summed E-state index contributed by atoms with van der Waals surface area (Å²) in [7, 11) is 0. The second-order valence-electron chi connectivity index (χ2n) is 3.63. The van der Waals surface area contributed by atoms with E-state index in [9.17, 15) is 57.1 Å². The molecule has 126 valence electrons. The quantitative estimate of drug-likeness (QED) is 0.600. The maximum atomic E-state index is 12.7.